The van der Waals surface area contributed by atoms with E-state index in [2.05, 4.69) is 5.32 Å². The monoisotopic (exact) mass is 281 g/mol. The van der Waals surface area contributed by atoms with E-state index in [0.29, 0.717) is 12.8 Å². The van der Waals surface area contributed by atoms with Crippen LogP contribution in [0.1, 0.15) is 26.7 Å². The molecule has 1 aromatic carbocycles. The first-order chi connectivity index (χ1) is 9.41. The number of para-hydroxylation sites is 1. The zero-order chi connectivity index (χ0) is 15.3. The lowest BCUT2D eigenvalue weighted by Crippen LogP contribution is -2.41. The molecule has 0 spiro atoms. The van der Waals surface area contributed by atoms with Crippen LogP contribution < -0.4 is 11.1 Å². The standard InChI is InChI=1S/C13H19N3O4/c1-3-13(4-2,8-14)12(18)15-11-9(16(19)20)6-5-7-10(11)17/h5-7,17H,3-4,8,14H2,1-2H3,(H,15,18). The van der Waals surface area contributed by atoms with Crippen LogP contribution in [0.4, 0.5) is 11.4 Å². The summed E-state index contributed by atoms with van der Waals surface area (Å²) in [5.41, 5.74) is 4.32. The maximum absolute atomic E-state index is 12.3. The lowest BCUT2D eigenvalue weighted by atomic mass is 9.81. The molecule has 0 aliphatic heterocycles. The van der Waals surface area contributed by atoms with Crippen LogP contribution in [-0.2, 0) is 4.79 Å². The number of nitro groups is 1. The first-order valence-corrected chi connectivity index (χ1v) is 6.39. The Kier molecular flexibility index (Phi) is 5.04. The van der Waals surface area contributed by atoms with Crippen molar-refractivity contribution >= 4 is 17.3 Å². The summed E-state index contributed by atoms with van der Waals surface area (Å²) in [5.74, 6) is -0.764. The predicted octanol–water partition coefficient (Wildman–Crippen LogP) is 2.00. The summed E-state index contributed by atoms with van der Waals surface area (Å²) in [7, 11) is 0. The van der Waals surface area contributed by atoms with Crippen molar-refractivity contribution in [2.75, 3.05) is 11.9 Å². The minimum Gasteiger partial charge on any atom is -0.505 e. The average Bonchev–Trinajstić information content (AvgIpc) is 2.43. The molecule has 7 nitrogen and oxygen atoms in total. The topological polar surface area (TPSA) is 118 Å². The summed E-state index contributed by atoms with van der Waals surface area (Å²) in [6.07, 6.45) is 1.01. The van der Waals surface area contributed by atoms with Crippen LogP contribution in [0.15, 0.2) is 18.2 Å². The second-order valence-electron chi connectivity index (χ2n) is 4.57. The predicted molar refractivity (Wildman–Crippen MR) is 75.5 cm³/mol. The number of hydrogen-bond donors (Lipinski definition) is 3. The molecule has 0 fully saturated rings. The van der Waals surface area contributed by atoms with Gasteiger partial charge in [-0.05, 0) is 18.9 Å². The number of amides is 1. The third-order valence-corrected chi connectivity index (χ3v) is 3.68. The van der Waals surface area contributed by atoms with Crippen LogP contribution >= 0.6 is 0 Å². The van der Waals surface area contributed by atoms with Crippen molar-refractivity contribution in [2.24, 2.45) is 11.1 Å². The van der Waals surface area contributed by atoms with Gasteiger partial charge in [-0.25, -0.2) is 0 Å². The van der Waals surface area contributed by atoms with Gasteiger partial charge >= 0.3 is 0 Å². The highest BCUT2D eigenvalue weighted by Crippen LogP contribution is 2.35. The molecule has 1 amide bonds. The molecule has 1 rings (SSSR count). The molecular formula is C13H19N3O4. The maximum atomic E-state index is 12.3. The van der Waals surface area contributed by atoms with Gasteiger partial charge in [0.25, 0.3) is 5.69 Å². The van der Waals surface area contributed by atoms with E-state index in [-0.39, 0.29) is 23.7 Å². The summed E-state index contributed by atoms with van der Waals surface area (Å²) in [5, 5.41) is 23.1. The Hall–Kier alpha value is -2.15. The number of hydrogen-bond acceptors (Lipinski definition) is 5. The van der Waals surface area contributed by atoms with Crippen molar-refractivity contribution in [1.82, 2.24) is 0 Å². The Labute approximate surface area is 116 Å². The molecule has 0 heterocycles. The highest BCUT2D eigenvalue weighted by molar-refractivity contribution is 5.98. The second kappa shape index (κ2) is 6.33. The van der Waals surface area contributed by atoms with Gasteiger partial charge in [-0.1, -0.05) is 19.9 Å². The van der Waals surface area contributed by atoms with Crippen molar-refractivity contribution in [2.45, 2.75) is 26.7 Å². The Balaban J connectivity index is 3.16. The molecule has 0 aliphatic carbocycles. The number of phenolic OH excluding ortho intramolecular Hbond substituents is 1. The number of phenols is 1. The summed E-state index contributed by atoms with van der Waals surface area (Å²) in [4.78, 5) is 22.6. The van der Waals surface area contributed by atoms with Crippen molar-refractivity contribution < 1.29 is 14.8 Å². The molecule has 110 valence electrons. The summed E-state index contributed by atoms with van der Waals surface area (Å²) < 4.78 is 0. The zero-order valence-electron chi connectivity index (χ0n) is 11.5. The quantitative estimate of drug-likeness (QED) is 0.418. The van der Waals surface area contributed by atoms with Crippen molar-refractivity contribution in [3.05, 3.63) is 28.3 Å². The van der Waals surface area contributed by atoms with Gasteiger partial charge in [0.1, 0.15) is 5.75 Å². The average molecular weight is 281 g/mol. The van der Waals surface area contributed by atoms with Crippen molar-refractivity contribution in [3.8, 4) is 5.75 Å². The Morgan fingerprint density at radius 2 is 2.05 bits per heavy atom. The van der Waals surface area contributed by atoms with Crippen molar-refractivity contribution in [1.29, 1.82) is 0 Å². The maximum Gasteiger partial charge on any atom is 0.296 e. The van der Waals surface area contributed by atoms with E-state index in [1.54, 1.807) is 0 Å². The van der Waals surface area contributed by atoms with Crippen LogP contribution in [0.3, 0.4) is 0 Å². The molecule has 0 radical (unpaired) electrons. The van der Waals surface area contributed by atoms with Crippen LogP contribution in [0.5, 0.6) is 5.75 Å². The van der Waals surface area contributed by atoms with Crippen LogP contribution in [-0.4, -0.2) is 22.5 Å². The summed E-state index contributed by atoms with van der Waals surface area (Å²) >= 11 is 0. The molecule has 20 heavy (non-hydrogen) atoms. The van der Waals surface area contributed by atoms with Gasteiger partial charge in [0, 0.05) is 12.6 Å². The highest BCUT2D eigenvalue weighted by Gasteiger charge is 2.35. The van der Waals surface area contributed by atoms with E-state index in [1.807, 2.05) is 13.8 Å². The van der Waals surface area contributed by atoms with Crippen LogP contribution in [0.2, 0.25) is 0 Å². The molecule has 4 N–H and O–H groups in total. The number of nitrogens with two attached hydrogens (primary N) is 1. The molecule has 0 aliphatic rings. The number of carbonyl (C=O) groups excluding carboxylic acids is 1. The van der Waals surface area contributed by atoms with E-state index in [4.69, 9.17) is 5.73 Å². The fraction of sp³-hybridized carbons (Fsp3) is 0.462. The zero-order valence-corrected chi connectivity index (χ0v) is 11.5. The summed E-state index contributed by atoms with van der Waals surface area (Å²) in [6.45, 7) is 3.79. The third kappa shape index (κ3) is 2.88. The van der Waals surface area contributed by atoms with E-state index in [0.717, 1.165) is 0 Å². The molecule has 0 unspecified atom stereocenters. The summed E-state index contributed by atoms with van der Waals surface area (Å²) in [6, 6.07) is 3.85. The molecule has 0 bridgehead atoms. The normalized spacial score (nSPS) is 11.2. The molecule has 0 atom stereocenters. The SMILES string of the molecule is CCC(CC)(CN)C(=O)Nc1c(O)cccc1[N+](=O)[O-]. The smallest absolute Gasteiger partial charge is 0.296 e. The Bertz CT molecular complexity index is 504. The highest BCUT2D eigenvalue weighted by atomic mass is 16.6. The van der Waals surface area contributed by atoms with Gasteiger partial charge in [-0.3, -0.25) is 14.9 Å². The fourth-order valence-electron chi connectivity index (χ4n) is 2.01. The number of nitrogens with one attached hydrogen (secondary N) is 1. The largest absolute Gasteiger partial charge is 0.505 e. The Morgan fingerprint density at radius 1 is 1.45 bits per heavy atom. The van der Waals surface area contributed by atoms with Crippen LogP contribution in [0.25, 0.3) is 0 Å². The fourth-order valence-corrected chi connectivity index (χ4v) is 2.01. The number of nitrogens with zero attached hydrogens (tertiary/aromatic N) is 1. The number of carbonyl (C=O) groups is 1. The molecule has 0 saturated carbocycles. The van der Waals surface area contributed by atoms with Gasteiger partial charge in [0.05, 0.1) is 10.3 Å². The Morgan fingerprint density at radius 3 is 2.50 bits per heavy atom. The lowest BCUT2D eigenvalue weighted by molar-refractivity contribution is -0.384. The number of benzene rings is 1. The molecule has 1 aromatic rings. The van der Waals surface area contributed by atoms with Gasteiger partial charge in [-0.15, -0.1) is 0 Å². The molecule has 0 aromatic heterocycles. The first kappa shape index (κ1) is 15.9. The minimum absolute atomic E-state index is 0.132. The first-order valence-electron chi connectivity index (χ1n) is 6.39. The lowest BCUT2D eigenvalue weighted by Gasteiger charge is -2.28. The van der Waals surface area contributed by atoms with E-state index >= 15 is 0 Å². The van der Waals surface area contributed by atoms with E-state index < -0.39 is 16.2 Å². The van der Waals surface area contributed by atoms with E-state index in [9.17, 15) is 20.0 Å². The molecule has 7 heteroatoms. The molecular weight excluding hydrogens is 262 g/mol. The van der Waals surface area contributed by atoms with Crippen molar-refractivity contribution in [3.63, 3.8) is 0 Å². The number of nitro benzene ring substituents is 1. The van der Waals surface area contributed by atoms with Gasteiger partial charge < -0.3 is 16.2 Å². The molecule has 0 saturated heterocycles. The van der Waals surface area contributed by atoms with Gasteiger partial charge in [-0.2, -0.15) is 0 Å². The third-order valence-electron chi connectivity index (χ3n) is 3.68. The number of rotatable bonds is 6. The second-order valence-corrected chi connectivity index (χ2v) is 4.57. The van der Waals surface area contributed by atoms with E-state index in [1.165, 1.54) is 18.2 Å². The number of aromatic hydroxyl groups is 1. The minimum atomic E-state index is -0.795. The van der Waals surface area contributed by atoms with Gasteiger partial charge in [0.15, 0.2) is 5.69 Å². The van der Waals surface area contributed by atoms with Gasteiger partial charge in [0.2, 0.25) is 5.91 Å². The number of anilines is 1. The van der Waals surface area contributed by atoms with Crippen LogP contribution in [0, 0.1) is 15.5 Å².